The van der Waals surface area contributed by atoms with E-state index >= 15 is 0 Å². The van der Waals surface area contributed by atoms with Gasteiger partial charge in [0.25, 0.3) is 0 Å². The van der Waals surface area contributed by atoms with Gasteiger partial charge in [0.1, 0.15) is 23.4 Å². The van der Waals surface area contributed by atoms with Crippen LogP contribution in [0.3, 0.4) is 0 Å². The highest BCUT2D eigenvalue weighted by Gasteiger charge is 2.28. The Hall–Kier alpha value is -2.07. The third-order valence-electron chi connectivity index (χ3n) is 3.95. The number of halogens is 1. The molecule has 1 aliphatic heterocycles. The van der Waals surface area contributed by atoms with Crippen molar-refractivity contribution >= 4 is 0 Å². The molecule has 2 aromatic carbocycles. The lowest BCUT2D eigenvalue weighted by Gasteiger charge is -2.31. The molecule has 2 atom stereocenters. The molecule has 0 amide bonds. The van der Waals surface area contributed by atoms with Gasteiger partial charge in [-0.05, 0) is 36.2 Å². The van der Waals surface area contributed by atoms with E-state index in [4.69, 9.17) is 15.2 Å². The molecule has 2 N–H and O–H groups in total. The Labute approximate surface area is 123 Å². The summed E-state index contributed by atoms with van der Waals surface area (Å²) >= 11 is 0. The summed E-state index contributed by atoms with van der Waals surface area (Å²) in [4.78, 5) is 0. The summed E-state index contributed by atoms with van der Waals surface area (Å²) in [6.07, 6.45) is 0.388. The monoisotopic (exact) mass is 287 g/mol. The van der Waals surface area contributed by atoms with Crippen LogP contribution in [0.5, 0.6) is 11.5 Å². The quantitative estimate of drug-likeness (QED) is 0.916. The van der Waals surface area contributed by atoms with Gasteiger partial charge in [-0.3, -0.25) is 0 Å². The number of hydrogen-bond donors (Lipinski definition) is 1. The fourth-order valence-electron chi connectivity index (χ4n) is 2.76. The summed E-state index contributed by atoms with van der Waals surface area (Å²) in [5.74, 6) is 1.17. The van der Waals surface area contributed by atoms with Crippen LogP contribution >= 0.6 is 0 Å². The molecule has 0 spiro atoms. The summed E-state index contributed by atoms with van der Waals surface area (Å²) in [7, 11) is 1.61. The topological polar surface area (TPSA) is 44.5 Å². The second kappa shape index (κ2) is 5.37. The number of rotatable bonds is 2. The molecule has 3 nitrogen and oxygen atoms in total. The van der Waals surface area contributed by atoms with E-state index in [1.807, 2.05) is 25.1 Å². The molecule has 1 heterocycles. The molecule has 2 unspecified atom stereocenters. The Morgan fingerprint density at radius 2 is 2.00 bits per heavy atom. The average molecular weight is 287 g/mol. The Balaban J connectivity index is 1.98. The van der Waals surface area contributed by atoms with Crippen molar-refractivity contribution < 1.29 is 13.9 Å². The Morgan fingerprint density at radius 1 is 1.19 bits per heavy atom. The number of nitrogens with two attached hydrogens (primary N) is 1. The second-order valence-corrected chi connectivity index (χ2v) is 5.35. The number of benzene rings is 2. The van der Waals surface area contributed by atoms with Crippen LogP contribution < -0.4 is 15.2 Å². The van der Waals surface area contributed by atoms with Gasteiger partial charge in [0, 0.05) is 24.1 Å². The average Bonchev–Trinajstić information content (AvgIpc) is 2.49. The standard InChI is InChI=1S/C17H18FNO2/c1-10-3-4-11(18)7-14(10)17-9-15(19)13-6-5-12(20-2)8-16(13)21-17/h3-8,15,17H,9,19H2,1-2H3. The van der Waals surface area contributed by atoms with E-state index in [0.717, 1.165) is 22.4 Å². The first-order valence-electron chi connectivity index (χ1n) is 6.94. The van der Waals surface area contributed by atoms with Crippen LogP contribution in [0.25, 0.3) is 0 Å². The van der Waals surface area contributed by atoms with Crippen molar-refractivity contribution in [3.8, 4) is 11.5 Å². The van der Waals surface area contributed by atoms with Gasteiger partial charge >= 0.3 is 0 Å². The molecule has 0 bridgehead atoms. The normalized spacial score (nSPS) is 20.6. The van der Waals surface area contributed by atoms with Crippen LogP contribution in [0.2, 0.25) is 0 Å². The van der Waals surface area contributed by atoms with Crippen molar-refractivity contribution in [1.82, 2.24) is 0 Å². The van der Waals surface area contributed by atoms with Gasteiger partial charge in [0.2, 0.25) is 0 Å². The summed E-state index contributed by atoms with van der Waals surface area (Å²) in [5.41, 5.74) is 9.04. The van der Waals surface area contributed by atoms with Gasteiger partial charge in [-0.15, -0.1) is 0 Å². The van der Waals surface area contributed by atoms with Crippen LogP contribution in [0.1, 0.15) is 35.3 Å². The highest BCUT2D eigenvalue weighted by Crippen LogP contribution is 2.42. The van der Waals surface area contributed by atoms with E-state index in [2.05, 4.69) is 0 Å². The molecule has 1 aliphatic rings. The van der Waals surface area contributed by atoms with Crippen LogP contribution in [-0.2, 0) is 0 Å². The van der Waals surface area contributed by atoms with E-state index in [1.54, 1.807) is 13.2 Å². The minimum Gasteiger partial charge on any atom is -0.497 e. The number of ether oxygens (including phenoxy) is 2. The lowest BCUT2D eigenvalue weighted by molar-refractivity contribution is 0.160. The molecule has 3 rings (SSSR count). The van der Waals surface area contributed by atoms with E-state index in [-0.39, 0.29) is 18.0 Å². The van der Waals surface area contributed by atoms with Gasteiger partial charge in [-0.25, -0.2) is 4.39 Å². The summed E-state index contributed by atoms with van der Waals surface area (Å²) in [6.45, 7) is 1.95. The molecular formula is C17H18FNO2. The van der Waals surface area contributed by atoms with Gasteiger partial charge in [-0.1, -0.05) is 12.1 Å². The van der Waals surface area contributed by atoms with Crippen molar-refractivity contribution in [2.45, 2.75) is 25.5 Å². The number of fused-ring (bicyclic) bond motifs is 1. The number of methoxy groups -OCH3 is 1. The third kappa shape index (κ3) is 2.59. The van der Waals surface area contributed by atoms with Gasteiger partial charge in [0.05, 0.1) is 7.11 Å². The van der Waals surface area contributed by atoms with Crippen LogP contribution in [0, 0.1) is 12.7 Å². The molecule has 110 valence electrons. The summed E-state index contributed by atoms with van der Waals surface area (Å²) < 4.78 is 24.8. The van der Waals surface area contributed by atoms with Gasteiger partial charge in [-0.2, -0.15) is 0 Å². The molecule has 0 radical (unpaired) electrons. The number of aryl methyl sites for hydroxylation is 1. The molecule has 0 fully saturated rings. The fourth-order valence-corrected chi connectivity index (χ4v) is 2.76. The maximum atomic E-state index is 13.5. The van der Waals surface area contributed by atoms with Crippen LogP contribution in [0.15, 0.2) is 36.4 Å². The van der Waals surface area contributed by atoms with Crippen molar-refractivity contribution in [2.75, 3.05) is 7.11 Å². The summed E-state index contributed by atoms with van der Waals surface area (Å²) in [6, 6.07) is 10.2. The van der Waals surface area contributed by atoms with E-state index in [9.17, 15) is 4.39 Å². The number of hydrogen-bond acceptors (Lipinski definition) is 3. The lowest BCUT2D eigenvalue weighted by atomic mass is 9.91. The predicted molar refractivity (Wildman–Crippen MR) is 79.0 cm³/mol. The van der Waals surface area contributed by atoms with Gasteiger partial charge in [0.15, 0.2) is 0 Å². The largest absolute Gasteiger partial charge is 0.497 e. The zero-order valence-corrected chi connectivity index (χ0v) is 12.1. The minimum atomic E-state index is -0.260. The Morgan fingerprint density at radius 3 is 2.76 bits per heavy atom. The Kier molecular flexibility index (Phi) is 3.55. The van der Waals surface area contributed by atoms with Crippen LogP contribution in [-0.4, -0.2) is 7.11 Å². The highest BCUT2D eigenvalue weighted by atomic mass is 19.1. The van der Waals surface area contributed by atoms with E-state index in [1.165, 1.54) is 12.1 Å². The zero-order valence-electron chi connectivity index (χ0n) is 12.1. The minimum absolute atomic E-state index is 0.132. The molecule has 0 saturated heterocycles. The van der Waals surface area contributed by atoms with Crippen molar-refractivity contribution in [3.05, 3.63) is 58.9 Å². The SMILES string of the molecule is COc1ccc2c(c1)OC(c1cc(F)ccc1C)CC2N. The fraction of sp³-hybridized carbons (Fsp3) is 0.294. The van der Waals surface area contributed by atoms with Crippen molar-refractivity contribution in [1.29, 1.82) is 0 Å². The maximum Gasteiger partial charge on any atom is 0.128 e. The lowest BCUT2D eigenvalue weighted by Crippen LogP contribution is -2.24. The highest BCUT2D eigenvalue weighted by molar-refractivity contribution is 5.45. The second-order valence-electron chi connectivity index (χ2n) is 5.35. The van der Waals surface area contributed by atoms with Gasteiger partial charge < -0.3 is 15.2 Å². The van der Waals surface area contributed by atoms with E-state index in [0.29, 0.717) is 12.2 Å². The maximum absolute atomic E-state index is 13.5. The molecule has 21 heavy (non-hydrogen) atoms. The molecule has 0 aliphatic carbocycles. The molecule has 0 aromatic heterocycles. The Bertz CT molecular complexity index is 672. The smallest absolute Gasteiger partial charge is 0.128 e. The third-order valence-corrected chi connectivity index (χ3v) is 3.95. The van der Waals surface area contributed by atoms with E-state index < -0.39 is 0 Å². The molecule has 0 saturated carbocycles. The van der Waals surface area contributed by atoms with Crippen LogP contribution in [0.4, 0.5) is 4.39 Å². The molecule has 2 aromatic rings. The predicted octanol–water partition coefficient (Wildman–Crippen LogP) is 3.67. The first-order valence-corrected chi connectivity index (χ1v) is 6.94. The van der Waals surface area contributed by atoms with Crippen molar-refractivity contribution in [2.24, 2.45) is 5.73 Å². The summed E-state index contributed by atoms with van der Waals surface area (Å²) in [5, 5.41) is 0. The molecular weight excluding hydrogens is 269 g/mol. The first-order chi connectivity index (χ1) is 10.1. The first kappa shape index (κ1) is 13.9. The molecule has 4 heteroatoms. The van der Waals surface area contributed by atoms with Crippen molar-refractivity contribution in [3.63, 3.8) is 0 Å². The zero-order chi connectivity index (χ0) is 15.0.